The summed E-state index contributed by atoms with van der Waals surface area (Å²) in [5, 5.41) is 3.16. The Balaban J connectivity index is 2.62. The van der Waals surface area contributed by atoms with E-state index in [1.54, 1.807) is 0 Å². The summed E-state index contributed by atoms with van der Waals surface area (Å²) in [6.45, 7) is 1.60. The van der Waals surface area contributed by atoms with E-state index in [4.69, 9.17) is 0 Å². The monoisotopic (exact) mass is 337 g/mol. The molecule has 2 rings (SSSR count). The molecule has 1 N–H and O–H groups in total. The molecule has 0 saturated carbocycles. The quantitative estimate of drug-likeness (QED) is 0.871. The van der Waals surface area contributed by atoms with E-state index in [1.807, 2.05) is 0 Å². The van der Waals surface area contributed by atoms with Crippen molar-refractivity contribution in [3.05, 3.63) is 41.8 Å². The minimum Gasteiger partial charge on any atom is -0.218 e. The van der Waals surface area contributed by atoms with Gasteiger partial charge in [-0.05, 0) is 24.3 Å². The Morgan fingerprint density at radius 3 is 2.55 bits per heavy atom. The van der Waals surface area contributed by atoms with Crippen LogP contribution in [0.15, 0.2) is 35.5 Å². The topological polar surface area (TPSA) is 64.0 Å². The average Bonchev–Trinajstić information content (AvgIpc) is 2.87. The minimum absolute atomic E-state index is 0.0680. The van der Waals surface area contributed by atoms with Crippen molar-refractivity contribution in [2.75, 3.05) is 6.54 Å². The van der Waals surface area contributed by atoms with Crippen molar-refractivity contribution in [3.8, 4) is 5.69 Å². The Morgan fingerprint density at radius 2 is 1.95 bits per heavy atom. The lowest BCUT2D eigenvalue weighted by Crippen LogP contribution is -2.26. The SMILES string of the molecule is CCNS(=O)(=O)c1ccnn1-c1cc(C(F)(F)F)ccc1F. The first-order valence-corrected chi connectivity index (χ1v) is 7.56. The summed E-state index contributed by atoms with van der Waals surface area (Å²) in [6.07, 6.45) is -3.62. The summed E-state index contributed by atoms with van der Waals surface area (Å²) >= 11 is 0. The van der Waals surface area contributed by atoms with Crippen molar-refractivity contribution in [1.82, 2.24) is 14.5 Å². The molecule has 0 saturated heterocycles. The van der Waals surface area contributed by atoms with Gasteiger partial charge in [0.1, 0.15) is 11.5 Å². The molecule has 1 aromatic heterocycles. The van der Waals surface area contributed by atoms with E-state index in [0.717, 1.165) is 12.3 Å². The maximum Gasteiger partial charge on any atom is 0.416 e. The summed E-state index contributed by atoms with van der Waals surface area (Å²) < 4.78 is 78.7. The molecule has 0 unspecified atom stereocenters. The maximum atomic E-state index is 13.8. The van der Waals surface area contributed by atoms with Crippen LogP contribution in [-0.2, 0) is 16.2 Å². The Labute approximate surface area is 123 Å². The third-order valence-corrected chi connectivity index (χ3v) is 4.25. The number of hydrogen-bond acceptors (Lipinski definition) is 3. The maximum absolute atomic E-state index is 13.8. The van der Waals surface area contributed by atoms with Gasteiger partial charge in [-0.2, -0.15) is 18.3 Å². The van der Waals surface area contributed by atoms with Crippen LogP contribution in [-0.4, -0.2) is 24.7 Å². The van der Waals surface area contributed by atoms with Gasteiger partial charge in [0.2, 0.25) is 0 Å². The number of nitrogens with zero attached hydrogens (tertiary/aromatic N) is 2. The molecule has 5 nitrogen and oxygen atoms in total. The number of halogens is 4. The molecule has 1 aromatic carbocycles. The van der Waals surface area contributed by atoms with Crippen LogP contribution in [0.4, 0.5) is 17.6 Å². The Morgan fingerprint density at radius 1 is 1.27 bits per heavy atom. The van der Waals surface area contributed by atoms with Crippen LogP contribution in [0.25, 0.3) is 5.69 Å². The molecule has 10 heteroatoms. The minimum atomic E-state index is -4.68. The van der Waals surface area contributed by atoms with Crippen molar-refractivity contribution in [3.63, 3.8) is 0 Å². The van der Waals surface area contributed by atoms with Gasteiger partial charge in [0.05, 0.1) is 11.8 Å². The fourth-order valence-corrected chi connectivity index (χ4v) is 2.93. The lowest BCUT2D eigenvalue weighted by Gasteiger charge is -2.12. The van der Waals surface area contributed by atoms with Crippen molar-refractivity contribution >= 4 is 10.0 Å². The molecule has 0 aliphatic heterocycles. The molecule has 1 heterocycles. The van der Waals surface area contributed by atoms with E-state index in [-0.39, 0.29) is 6.54 Å². The van der Waals surface area contributed by atoms with E-state index in [2.05, 4.69) is 9.82 Å². The zero-order chi connectivity index (χ0) is 16.5. The van der Waals surface area contributed by atoms with Crippen LogP contribution in [0.1, 0.15) is 12.5 Å². The molecule has 2 aromatic rings. The van der Waals surface area contributed by atoms with Gasteiger partial charge in [-0.15, -0.1) is 0 Å². The Bertz CT molecular complexity index is 784. The van der Waals surface area contributed by atoms with Crippen molar-refractivity contribution in [2.45, 2.75) is 18.1 Å². The third-order valence-electron chi connectivity index (χ3n) is 2.72. The van der Waals surface area contributed by atoms with Gasteiger partial charge in [-0.1, -0.05) is 6.92 Å². The molecule has 0 bridgehead atoms. The van der Waals surface area contributed by atoms with Gasteiger partial charge in [-0.3, -0.25) is 0 Å². The Hall–Kier alpha value is -1.94. The molecule has 120 valence electrons. The number of hydrogen-bond donors (Lipinski definition) is 1. The Kier molecular flexibility index (Phi) is 4.25. The molecule has 0 fully saturated rings. The van der Waals surface area contributed by atoms with Gasteiger partial charge in [0.25, 0.3) is 10.0 Å². The highest BCUT2D eigenvalue weighted by Crippen LogP contribution is 2.31. The molecule has 0 radical (unpaired) electrons. The fourth-order valence-electron chi connectivity index (χ4n) is 1.79. The molecule has 0 aliphatic carbocycles. The zero-order valence-electron chi connectivity index (χ0n) is 11.2. The van der Waals surface area contributed by atoms with Crippen LogP contribution in [0.2, 0.25) is 0 Å². The highest BCUT2D eigenvalue weighted by Gasteiger charge is 2.32. The molecule has 0 amide bonds. The molecule has 0 spiro atoms. The van der Waals surface area contributed by atoms with Crippen LogP contribution in [0.5, 0.6) is 0 Å². The number of rotatable bonds is 4. The van der Waals surface area contributed by atoms with E-state index in [0.29, 0.717) is 22.9 Å². The van der Waals surface area contributed by atoms with Gasteiger partial charge in [0.15, 0.2) is 5.03 Å². The summed E-state index contributed by atoms with van der Waals surface area (Å²) in [6, 6.07) is 2.76. The summed E-state index contributed by atoms with van der Waals surface area (Å²) in [7, 11) is -4.01. The van der Waals surface area contributed by atoms with E-state index >= 15 is 0 Å². The van der Waals surface area contributed by atoms with Crippen molar-refractivity contribution in [1.29, 1.82) is 0 Å². The average molecular weight is 337 g/mol. The normalized spacial score (nSPS) is 12.6. The molecule has 0 aliphatic rings. The summed E-state index contributed by atoms with van der Waals surface area (Å²) in [5.41, 5.74) is -1.71. The van der Waals surface area contributed by atoms with Crippen LogP contribution in [0.3, 0.4) is 0 Å². The number of aromatic nitrogens is 2. The third kappa shape index (κ3) is 3.12. The van der Waals surface area contributed by atoms with Crippen LogP contribution in [0, 0.1) is 5.82 Å². The largest absolute Gasteiger partial charge is 0.416 e. The fraction of sp³-hybridized carbons (Fsp3) is 0.250. The highest BCUT2D eigenvalue weighted by atomic mass is 32.2. The van der Waals surface area contributed by atoms with Gasteiger partial charge in [0, 0.05) is 6.54 Å². The van der Waals surface area contributed by atoms with Gasteiger partial charge in [-0.25, -0.2) is 22.2 Å². The smallest absolute Gasteiger partial charge is 0.218 e. The second kappa shape index (κ2) is 5.69. The first-order chi connectivity index (χ1) is 10.2. The number of alkyl halides is 3. The highest BCUT2D eigenvalue weighted by molar-refractivity contribution is 7.89. The summed E-state index contributed by atoms with van der Waals surface area (Å²) in [5.74, 6) is -1.02. The van der Waals surface area contributed by atoms with E-state index in [9.17, 15) is 26.0 Å². The van der Waals surface area contributed by atoms with Crippen molar-refractivity contribution < 1.29 is 26.0 Å². The predicted molar refractivity (Wildman–Crippen MR) is 69.4 cm³/mol. The number of sulfonamides is 1. The molecule has 22 heavy (non-hydrogen) atoms. The van der Waals surface area contributed by atoms with Crippen molar-refractivity contribution in [2.24, 2.45) is 0 Å². The summed E-state index contributed by atoms with van der Waals surface area (Å²) in [4.78, 5) is 0. The van der Waals surface area contributed by atoms with E-state index < -0.39 is 38.3 Å². The van der Waals surface area contributed by atoms with Gasteiger partial charge < -0.3 is 0 Å². The second-order valence-electron chi connectivity index (χ2n) is 4.25. The van der Waals surface area contributed by atoms with E-state index in [1.165, 1.54) is 6.92 Å². The van der Waals surface area contributed by atoms with Crippen LogP contribution < -0.4 is 4.72 Å². The lowest BCUT2D eigenvalue weighted by atomic mass is 10.2. The second-order valence-corrected chi connectivity index (χ2v) is 5.96. The number of nitrogens with one attached hydrogen (secondary N) is 1. The first kappa shape index (κ1) is 16.4. The standard InChI is InChI=1S/C12H11F4N3O2S/c1-2-18-22(20,21)11-5-6-17-19(11)10-7-8(12(14,15)16)3-4-9(10)13/h3-7,18H,2H2,1H3. The molecular formula is C12H11F4N3O2S. The predicted octanol–water partition coefficient (Wildman–Crippen LogP) is 2.33. The molecular weight excluding hydrogens is 326 g/mol. The zero-order valence-corrected chi connectivity index (χ0v) is 12.0. The van der Waals surface area contributed by atoms with Gasteiger partial charge >= 0.3 is 6.18 Å². The molecule has 0 atom stereocenters. The lowest BCUT2D eigenvalue weighted by molar-refractivity contribution is -0.137. The first-order valence-electron chi connectivity index (χ1n) is 6.07. The number of benzene rings is 1. The van der Waals surface area contributed by atoms with Crippen LogP contribution >= 0.6 is 0 Å².